The van der Waals surface area contributed by atoms with E-state index in [1.54, 1.807) is 29.2 Å². The van der Waals surface area contributed by atoms with E-state index in [1.165, 1.54) is 4.31 Å². The van der Waals surface area contributed by atoms with Crippen LogP contribution in [0.25, 0.3) is 0 Å². The van der Waals surface area contributed by atoms with Gasteiger partial charge in [0, 0.05) is 38.6 Å². The number of sulfonamides is 1. The van der Waals surface area contributed by atoms with Crippen molar-refractivity contribution in [3.05, 3.63) is 29.8 Å². The smallest absolute Gasteiger partial charge is 0.243 e. The molecule has 28 heavy (non-hydrogen) atoms. The predicted octanol–water partition coefficient (Wildman–Crippen LogP) is 1.23. The van der Waals surface area contributed by atoms with E-state index in [2.05, 4.69) is 0 Å². The molecule has 1 atom stereocenters. The molecular weight excluding hydrogens is 378 g/mol. The number of hydrogen-bond donors (Lipinski definition) is 0. The van der Waals surface area contributed by atoms with E-state index in [-0.39, 0.29) is 22.6 Å². The second-order valence-corrected chi connectivity index (χ2v) is 9.90. The molecule has 2 amide bonds. The Balaban J connectivity index is 1.43. The summed E-state index contributed by atoms with van der Waals surface area (Å²) in [4.78, 5) is 29.1. The minimum absolute atomic E-state index is 0.133. The van der Waals surface area contributed by atoms with Crippen LogP contribution in [0.4, 0.5) is 0 Å². The molecule has 8 heteroatoms. The molecule has 0 spiro atoms. The lowest BCUT2D eigenvalue weighted by atomic mass is 10.2. The van der Waals surface area contributed by atoms with Gasteiger partial charge < -0.3 is 9.80 Å². The Hall–Kier alpha value is -1.93. The van der Waals surface area contributed by atoms with Crippen LogP contribution >= 0.6 is 0 Å². The van der Waals surface area contributed by atoms with Crippen molar-refractivity contribution >= 4 is 21.8 Å². The zero-order valence-electron chi connectivity index (χ0n) is 16.2. The van der Waals surface area contributed by atoms with Crippen molar-refractivity contribution in [3.8, 4) is 0 Å². The van der Waals surface area contributed by atoms with Gasteiger partial charge in [-0.25, -0.2) is 8.42 Å². The summed E-state index contributed by atoms with van der Waals surface area (Å²) in [5.41, 5.74) is 0.992. The highest BCUT2D eigenvalue weighted by molar-refractivity contribution is 7.89. The van der Waals surface area contributed by atoms with Gasteiger partial charge in [0.1, 0.15) is 6.04 Å². The van der Waals surface area contributed by atoms with E-state index in [9.17, 15) is 18.0 Å². The molecule has 3 aliphatic rings. The van der Waals surface area contributed by atoms with Gasteiger partial charge in [-0.05, 0) is 44.7 Å². The number of aryl methyl sites for hydroxylation is 1. The number of rotatable bonds is 4. The molecule has 7 nitrogen and oxygen atoms in total. The molecule has 0 unspecified atom stereocenters. The van der Waals surface area contributed by atoms with Crippen molar-refractivity contribution < 1.29 is 18.0 Å². The number of hydrogen-bond acceptors (Lipinski definition) is 4. The second kappa shape index (κ2) is 7.48. The Morgan fingerprint density at radius 2 is 1.43 bits per heavy atom. The molecule has 2 saturated heterocycles. The fraction of sp³-hybridized carbons (Fsp3) is 0.600. The van der Waals surface area contributed by atoms with Gasteiger partial charge in [-0.15, -0.1) is 0 Å². The zero-order valence-corrected chi connectivity index (χ0v) is 17.0. The molecule has 1 aromatic rings. The quantitative estimate of drug-likeness (QED) is 0.755. The first-order chi connectivity index (χ1) is 13.4. The van der Waals surface area contributed by atoms with Crippen LogP contribution in [0.1, 0.15) is 31.2 Å². The van der Waals surface area contributed by atoms with Crippen LogP contribution < -0.4 is 0 Å². The average molecular weight is 406 g/mol. The summed E-state index contributed by atoms with van der Waals surface area (Å²) in [5, 5.41) is 0. The molecule has 0 bridgehead atoms. The van der Waals surface area contributed by atoms with E-state index in [0.717, 1.165) is 18.4 Å². The molecule has 2 aliphatic heterocycles. The molecule has 1 saturated carbocycles. The summed E-state index contributed by atoms with van der Waals surface area (Å²) in [6, 6.07) is 6.11. The zero-order chi connectivity index (χ0) is 19.9. The summed E-state index contributed by atoms with van der Waals surface area (Å²) in [6.45, 7) is 4.31. The number of carbonyl (C=O) groups is 2. The van der Waals surface area contributed by atoms with Gasteiger partial charge in [0.05, 0.1) is 4.90 Å². The van der Waals surface area contributed by atoms with Gasteiger partial charge >= 0.3 is 0 Å². The number of benzene rings is 1. The third kappa shape index (κ3) is 3.67. The molecule has 2 heterocycles. The van der Waals surface area contributed by atoms with E-state index in [4.69, 9.17) is 0 Å². The summed E-state index contributed by atoms with van der Waals surface area (Å²) < 4.78 is 27.5. The normalized spacial score (nSPS) is 23.8. The highest BCUT2D eigenvalue weighted by Crippen LogP contribution is 2.32. The molecular formula is C20H27N3O4S. The third-order valence-electron chi connectivity index (χ3n) is 5.95. The molecule has 1 aliphatic carbocycles. The SMILES string of the molecule is Cc1ccc(S(=O)(=O)N2CCC[C@@H]2C(=O)N2CCN(C(=O)C3CC3)CC2)cc1. The van der Waals surface area contributed by atoms with Crippen LogP contribution in [-0.2, 0) is 19.6 Å². The van der Waals surface area contributed by atoms with E-state index >= 15 is 0 Å². The minimum atomic E-state index is -3.69. The molecule has 0 radical (unpaired) electrons. The monoisotopic (exact) mass is 405 g/mol. The van der Waals surface area contributed by atoms with Gasteiger partial charge in [-0.1, -0.05) is 17.7 Å². The first-order valence-electron chi connectivity index (χ1n) is 10.0. The second-order valence-electron chi connectivity index (χ2n) is 8.01. The molecule has 0 N–H and O–H groups in total. The fourth-order valence-corrected chi connectivity index (χ4v) is 5.72. The van der Waals surface area contributed by atoms with Gasteiger partial charge in [0.25, 0.3) is 0 Å². The van der Waals surface area contributed by atoms with Crippen molar-refractivity contribution in [1.29, 1.82) is 0 Å². The Kier molecular flexibility index (Phi) is 5.18. The van der Waals surface area contributed by atoms with Gasteiger partial charge in [-0.2, -0.15) is 4.31 Å². The highest BCUT2D eigenvalue weighted by Gasteiger charge is 2.42. The Morgan fingerprint density at radius 1 is 0.857 bits per heavy atom. The summed E-state index contributed by atoms with van der Waals surface area (Å²) in [5.74, 6) is 0.260. The van der Waals surface area contributed by atoms with E-state index in [1.807, 2.05) is 11.8 Å². The number of carbonyl (C=O) groups excluding carboxylic acids is 2. The topological polar surface area (TPSA) is 78.0 Å². The maximum Gasteiger partial charge on any atom is 0.243 e. The average Bonchev–Trinajstić information content (AvgIpc) is 3.43. The first-order valence-corrected chi connectivity index (χ1v) is 11.5. The lowest BCUT2D eigenvalue weighted by Crippen LogP contribution is -2.55. The lowest BCUT2D eigenvalue weighted by molar-refractivity contribution is -0.142. The predicted molar refractivity (Wildman–Crippen MR) is 104 cm³/mol. The molecule has 4 rings (SSSR count). The van der Waals surface area contributed by atoms with Crippen molar-refractivity contribution in [1.82, 2.24) is 14.1 Å². The van der Waals surface area contributed by atoms with Crippen molar-refractivity contribution in [3.63, 3.8) is 0 Å². The van der Waals surface area contributed by atoms with Crippen molar-refractivity contribution in [2.24, 2.45) is 5.92 Å². The van der Waals surface area contributed by atoms with Crippen molar-refractivity contribution in [2.75, 3.05) is 32.7 Å². The van der Waals surface area contributed by atoms with Crippen LogP contribution in [-0.4, -0.2) is 73.1 Å². The molecule has 3 fully saturated rings. The van der Waals surface area contributed by atoms with Crippen LogP contribution in [0.3, 0.4) is 0 Å². The van der Waals surface area contributed by atoms with Crippen molar-refractivity contribution in [2.45, 2.75) is 43.5 Å². The largest absolute Gasteiger partial charge is 0.339 e. The number of nitrogens with zero attached hydrogens (tertiary/aromatic N) is 3. The number of amides is 2. The number of piperazine rings is 1. The maximum absolute atomic E-state index is 13.1. The van der Waals surface area contributed by atoms with Gasteiger partial charge in [0.15, 0.2) is 0 Å². The van der Waals surface area contributed by atoms with Gasteiger partial charge in [0.2, 0.25) is 21.8 Å². The first kappa shape index (κ1) is 19.4. The van der Waals surface area contributed by atoms with Crippen LogP contribution in [0.15, 0.2) is 29.2 Å². The molecule has 152 valence electrons. The van der Waals surface area contributed by atoms with E-state index in [0.29, 0.717) is 45.6 Å². The van der Waals surface area contributed by atoms with Crippen LogP contribution in [0.5, 0.6) is 0 Å². The third-order valence-corrected chi connectivity index (χ3v) is 7.87. The van der Waals surface area contributed by atoms with E-state index < -0.39 is 16.1 Å². The maximum atomic E-state index is 13.1. The summed E-state index contributed by atoms with van der Waals surface area (Å²) >= 11 is 0. The lowest BCUT2D eigenvalue weighted by Gasteiger charge is -2.37. The Labute approximate surface area is 166 Å². The summed E-state index contributed by atoms with van der Waals surface area (Å²) in [7, 11) is -3.69. The molecule has 1 aromatic carbocycles. The molecule has 0 aromatic heterocycles. The minimum Gasteiger partial charge on any atom is -0.339 e. The fourth-order valence-electron chi connectivity index (χ4n) is 4.07. The van der Waals surface area contributed by atoms with Crippen LogP contribution in [0, 0.1) is 12.8 Å². The Bertz CT molecular complexity index is 856. The summed E-state index contributed by atoms with van der Waals surface area (Å²) in [6.07, 6.45) is 3.19. The standard InChI is InChI=1S/C20H27N3O4S/c1-15-4-8-17(9-5-15)28(26,27)23-10-2-3-18(23)20(25)22-13-11-21(12-14-22)19(24)16-6-7-16/h4-5,8-9,16,18H,2-3,6-7,10-14H2,1H3/t18-/m1/s1. The highest BCUT2D eigenvalue weighted by atomic mass is 32.2. The Morgan fingerprint density at radius 3 is 2.00 bits per heavy atom. The van der Waals surface area contributed by atoms with Gasteiger partial charge in [-0.3, -0.25) is 9.59 Å². The van der Waals surface area contributed by atoms with Crippen LogP contribution in [0.2, 0.25) is 0 Å².